The van der Waals surface area contributed by atoms with Crippen molar-refractivity contribution in [3.63, 3.8) is 0 Å². The summed E-state index contributed by atoms with van der Waals surface area (Å²) in [5, 5.41) is 4.75. The fraction of sp³-hybridized carbons (Fsp3) is 0.615. The minimum absolute atomic E-state index is 0.00378. The first-order chi connectivity index (χ1) is 22.7. The van der Waals surface area contributed by atoms with Gasteiger partial charge in [-0.3, -0.25) is 0 Å². The van der Waals surface area contributed by atoms with Gasteiger partial charge in [0.05, 0.1) is 30.5 Å². The number of hydrogen-bond donors (Lipinski definition) is 1. The number of aliphatic hydroxyl groups is 1. The molecule has 6 nitrogen and oxygen atoms in total. The summed E-state index contributed by atoms with van der Waals surface area (Å²) in [4.78, 5) is 14.7. The van der Waals surface area contributed by atoms with Gasteiger partial charge < -0.3 is 23.7 Å². The van der Waals surface area contributed by atoms with Crippen molar-refractivity contribution < 1.29 is 28.5 Å². The number of aliphatic hydroxyl groups excluding tert-OH is 1. The third-order valence-electron chi connectivity index (χ3n) is 9.17. The maximum atomic E-state index is 13.6. The Hall–Kier alpha value is -1.73. The number of carbonyl (C=O) groups is 1. The first-order valence-corrected chi connectivity index (χ1v) is 25.0. The molecule has 0 aromatic heterocycles. The van der Waals surface area contributed by atoms with E-state index in [1.807, 2.05) is 45.0 Å². The first-order valence-electron chi connectivity index (χ1n) is 17.9. The number of thioether (sulfide) groups is 1. The minimum Gasteiger partial charge on any atom is -0.462 e. The molecule has 1 N–H and O–H groups in total. The Morgan fingerprint density at radius 1 is 1.10 bits per heavy atom. The van der Waals surface area contributed by atoms with Crippen molar-refractivity contribution >= 4 is 34.1 Å². The van der Waals surface area contributed by atoms with E-state index in [0.29, 0.717) is 25.0 Å². The summed E-state index contributed by atoms with van der Waals surface area (Å²) in [6.07, 6.45) is 5.05. The van der Waals surface area contributed by atoms with Crippen molar-refractivity contribution in [1.29, 1.82) is 1.43 Å². The third kappa shape index (κ3) is 12.6. The normalized spacial score (nSPS) is 20.8. The second-order valence-corrected chi connectivity index (χ2v) is 28.1. The highest BCUT2D eigenvalue weighted by Crippen LogP contribution is 2.44. The summed E-state index contributed by atoms with van der Waals surface area (Å²) >= 11 is 1.77. The molecule has 5 atom stereocenters. The first kappa shape index (κ1) is 39.1. The van der Waals surface area contributed by atoms with Crippen LogP contribution in [0.2, 0.25) is 43.8 Å². The predicted molar refractivity (Wildman–Crippen MR) is 205 cm³/mol. The molecule has 2 aromatic carbocycles. The summed E-state index contributed by atoms with van der Waals surface area (Å²) in [5.74, 6) is -1.04. The second kappa shape index (κ2) is 17.0. The monoisotopic (exact) mass is 716 g/mol. The smallest absolute Gasteiger partial charge is 0.338 e. The number of benzene rings is 2. The van der Waals surface area contributed by atoms with Crippen LogP contribution in [0.1, 0.15) is 87.5 Å². The molecule has 0 spiro atoms. The Morgan fingerprint density at radius 3 is 2.42 bits per heavy atom. The van der Waals surface area contributed by atoms with Crippen LogP contribution in [0.3, 0.4) is 0 Å². The van der Waals surface area contributed by atoms with Crippen molar-refractivity contribution in [2.75, 3.05) is 6.61 Å². The Labute approximate surface area is 299 Å². The van der Waals surface area contributed by atoms with E-state index in [2.05, 4.69) is 96.8 Å². The van der Waals surface area contributed by atoms with Crippen molar-refractivity contribution in [3.05, 3.63) is 77.4 Å². The Kier molecular flexibility index (Phi) is 13.8. The Balaban J connectivity index is 1.97. The number of ether oxygens (including phenoxy) is 3. The van der Waals surface area contributed by atoms with Gasteiger partial charge in [-0.05, 0) is 94.9 Å². The molecule has 2 unspecified atom stereocenters. The molecule has 3 rings (SSSR count). The fourth-order valence-electron chi connectivity index (χ4n) is 5.42. The molecular weight excluding hydrogens is 653 g/mol. The summed E-state index contributed by atoms with van der Waals surface area (Å²) in [6.45, 7) is 26.4. The Morgan fingerprint density at radius 2 is 1.79 bits per heavy atom. The van der Waals surface area contributed by atoms with Gasteiger partial charge in [0.15, 0.2) is 14.1 Å². The van der Waals surface area contributed by atoms with Gasteiger partial charge in [0.25, 0.3) is 0 Å². The zero-order valence-corrected chi connectivity index (χ0v) is 34.4. The summed E-state index contributed by atoms with van der Waals surface area (Å²) < 4.78 is 33.5. The average molecular weight is 717 g/mol. The van der Waals surface area contributed by atoms with Gasteiger partial charge in [-0.15, -0.1) is 11.8 Å². The summed E-state index contributed by atoms with van der Waals surface area (Å²) in [6, 6.07) is 17.4. The number of aryl methyl sites for hydroxylation is 1. The van der Waals surface area contributed by atoms with Gasteiger partial charge in [-0.2, -0.15) is 0 Å². The van der Waals surface area contributed by atoms with Gasteiger partial charge >= 0.3 is 5.97 Å². The fourth-order valence-corrected chi connectivity index (χ4v) is 8.60. The van der Waals surface area contributed by atoms with Gasteiger partial charge in [0.1, 0.15) is 6.10 Å². The molecule has 0 saturated carbocycles. The van der Waals surface area contributed by atoms with Crippen molar-refractivity contribution in [1.82, 2.24) is 0 Å². The predicted octanol–water partition coefficient (Wildman–Crippen LogP) is 10.3. The SMILES string of the molecule is [3H]O[C@@H](C)C/C=C\C(O[Si](C)(C)C(C)(C)C)[C@H]1OC(C)(C)O[C@H]1CCC(Sc1ccccc1)c1cc(C)ccc1C(=O)OCC[Si](C)(C)C. The van der Waals surface area contributed by atoms with Crippen LogP contribution in [-0.2, 0) is 18.6 Å². The molecule has 0 radical (unpaired) electrons. The summed E-state index contributed by atoms with van der Waals surface area (Å²) in [7, 11) is -3.56. The molecule has 48 heavy (non-hydrogen) atoms. The van der Waals surface area contributed by atoms with Crippen LogP contribution < -0.4 is 0 Å². The van der Waals surface area contributed by atoms with Crippen molar-refractivity contribution in [2.45, 2.75) is 152 Å². The topological polar surface area (TPSA) is 74.2 Å². The Bertz CT molecular complexity index is 1370. The van der Waals surface area contributed by atoms with E-state index in [1.165, 1.54) is 0 Å². The van der Waals surface area contributed by atoms with E-state index in [-0.39, 0.29) is 40.7 Å². The number of hydrogen-bond acceptors (Lipinski definition) is 7. The van der Waals surface area contributed by atoms with Crippen LogP contribution in [0.5, 0.6) is 0 Å². The van der Waals surface area contributed by atoms with Crippen LogP contribution in [0, 0.1) is 6.92 Å². The zero-order valence-electron chi connectivity index (χ0n) is 32.6. The highest BCUT2D eigenvalue weighted by atomic mass is 32.2. The maximum Gasteiger partial charge on any atom is 0.338 e. The number of rotatable bonds is 17. The molecule has 1 fully saturated rings. The standard InChI is InChI=1S/C39H62O6SSi2/c1-28-21-22-31(37(41)42-25-26-47(8,9)10)32(27-28)35(46-30-18-14-13-15-19-30)24-23-33-36(44-39(6,7)43-33)34(20-16-17-29(2)40)45-48(11,12)38(3,4)5/h13-16,18-22,27,29,33-36,40H,17,23-26H2,1-12H3/b20-16-/t29-,33-,34?,35?,36-/m0/s1/i40T. The molecule has 0 amide bonds. The van der Waals surface area contributed by atoms with Crippen molar-refractivity contribution in [2.24, 2.45) is 0 Å². The molecule has 1 aliphatic rings. The average Bonchev–Trinajstić information content (AvgIpc) is 3.31. The van der Waals surface area contributed by atoms with E-state index >= 15 is 0 Å². The molecule has 1 aliphatic heterocycles. The third-order valence-corrected chi connectivity index (χ3v) is 16.7. The van der Waals surface area contributed by atoms with Crippen LogP contribution in [0.15, 0.2) is 65.6 Å². The van der Waals surface area contributed by atoms with E-state index < -0.39 is 22.2 Å². The zero-order chi connectivity index (χ0) is 36.6. The molecule has 2 aromatic rings. The molecule has 1 heterocycles. The van der Waals surface area contributed by atoms with E-state index in [1.54, 1.807) is 11.8 Å². The van der Waals surface area contributed by atoms with E-state index in [0.717, 1.165) is 28.5 Å². The lowest BCUT2D eigenvalue weighted by Gasteiger charge is -2.40. The molecular formula is C39H62O6SSi2. The molecule has 0 bridgehead atoms. The molecule has 9 heteroatoms. The lowest BCUT2D eigenvalue weighted by Crippen LogP contribution is -2.48. The van der Waals surface area contributed by atoms with E-state index in [9.17, 15) is 4.79 Å². The summed E-state index contributed by atoms with van der Waals surface area (Å²) in [5.41, 5.74) is 2.72. The lowest BCUT2D eigenvalue weighted by molar-refractivity contribution is -0.152. The highest BCUT2D eigenvalue weighted by molar-refractivity contribution is 7.99. The van der Waals surface area contributed by atoms with E-state index in [4.69, 9.17) is 25.2 Å². The van der Waals surface area contributed by atoms with Gasteiger partial charge in [0.2, 0.25) is 1.43 Å². The maximum absolute atomic E-state index is 13.6. The van der Waals surface area contributed by atoms with Crippen molar-refractivity contribution in [3.8, 4) is 0 Å². The van der Waals surface area contributed by atoms with Crippen LogP contribution in [0.25, 0.3) is 0 Å². The van der Waals surface area contributed by atoms with Gasteiger partial charge in [-0.1, -0.05) is 88.5 Å². The number of esters is 1. The number of carbonyl (C=O) groups excluding carboxylic acids is 1. The quantitative estimate of drug-likeness (QED) is 0.0756. The lowest BCUT2D eigenvalue weighted by atomic mass is 9.96. The second-order valence-electron chi connectivity index (χ2n) is 16.5. The minimum atomic E-state index is -2.20. The van der Waals surface area contributed by atoms with Gasteiger partial charge in [0, 0.05) is 18.2 Å². The highest BCUT2D eigenvalue weighted by Gasteiger charge is 2.48. The van der Waals surface area contributed by atoms with Crippen LogP contribution in [-0.4, -0.2) is 65.7 Å². The molecule has 1 saturated heterocycles. The van der Waals surface area contributed by atoms with Crippen LogP contribution >= 0.6 is 11.8 Å². The van der Waals surface area contributed by atoms with Gasteiger partial charge in [-0.25, -0.2) is 4.79 Å². The molecule has 268 valence electrons. The largest absolute Gasteiger partial charge is 0.462 e. The van der Waals surface area contributed by atoms with Crippen LogP contribution in [0.4, 0.5) is 0 Å². The molecule has 0 aliphatic carbocycles.